The lowest BCUT2D eigenvalue weighted by Crippen LogP contribution is -2.29. The van der Waals surface area contributed by atoms with Crippen LogP contribution in [-0.2, 0) is 11.3 Å². The summed E-state index contributed by atoms with van der Waals surface area (Å²) in [7, 11) is 0. The minimum atomic E-state index is -0.299. The molecule has 1 amide bonds. The molecule has 2 N–H and O–H groups in total. The number of carbonyl (C=O) groups is 1. The molecule has 4 nitrogen and oxygen atoms in total. The lowest BCUT2D eigenvalue weighted by Gasteiger charge is -2.15. The van der Waals surface area contributed by atoms with Crippen LogP contribution in [0, 0.1) is 17.7 Å². The third-order valence-corrected chi connectivity index (χ3v) is 3.66. The highest BCUT2D eigenvalue weighted by Crippen LogP contribution is 2.26. The molecule has 0 saturated carbocycles. The van der Waals surface area contributed by atoms with Crippen molar-refractivity contribution in [1.82, 2.24) is 5.01 Å². The van der Waals surface area contributed by atoms with E-state index in [2.05, 4.69) is 5.10 Å². The van der Waals surface area contributed by atoms with Crippen molar-refractivity contribution in [2.45, 2.75) is 33.2 Å². The molecule has 114 valence electrons. The molecule has 2 rings (SSSR count). The Balaban J connectivity index is 2.15. The second kappa shape index (κ2) is 6.80. The average molecular weight is 291 g/mol. The molecule has 1 aliphatic heterocycles. The van der Waals surface area contributed by atoms with Crippen LogP contribution in [0.15, 0.2) is 29.4 Å². The van der Waals surface area contributed by atoms with Crippen LogP contribution < -0.4 is 5.73 Å². The molecular weight excluding hydrogens is 269 g/mol. The van der Waals surface area contributed by atoms with Gasteiger partial charge in [-0.05, 0) is 43.0 Å². The third kappa shape index (κ3) is 3.67. The fraction of sp³-hybridized carbons (Fsp3) is 0.500. The van der Waals surface area contributed by atoms with Gasteiger partial charge in [0.15, 0.2) is 0 Å². The summed E-state index contributed by atoms with van der Waals surface area (Å²) in [6.07, 6.45) is 1.53. The SMILES string of the molecule is CC(C)C1=NN(Cc2cccc(F)c2)C(=O)C1CCCN. The molecule has 0 aromatic heterocycles. The van der Waals surface area contributed by atoms with Gasteiger partial charge in [-0.25, -0.2) is 9.40 Å². The van der Waals surface area contributed by atoms with E-state index in [1.807, 2.05) is 13.8 Å². The second-order valence-corrected chi connectivity index (χ2v) is 5.69. The van der Waals surface area contributed by atoms with Crippen molar-refractivity contribution >= 4 is 11.6 Å². The normalized spacial score (nSPS) is 18.5. The molecule has 0 radical (unpaired) electrons. The van der Waals surface area contributed by atoms with E-state index in [-0.39, 0.29) is 23.6 Å². The van der Waals surface area contributed by atoms with Crippen LogP contribution in [0.1, 0.15) is 32.3 Å². The predicted octanol–water partition coefficient (Wildman–Crippen LogP) is 2.54. The second-order valence-electron chi connectivity index (χ2n) is 5.69. The van der Waals surface area contributed by atoms with E-state index in [0.29, 0.717) is 13.1 Å². The summed E-state index contributed by atoms with van der Waals surface area (Å²) < 4.78 is 13.2. The van der Waals surface area contributed by atoms with Crippen LogP contribution in [0.3, 0.4) is 0 Å². The van der Waals surface area contributed by atoms with E-state index in [0.717, 1.165) is 24.1 Å². The van der Waals surface area contributed by atoms with Gasteiger partial charge in [0, 0.05) is 0 Å². The monoisotopic (exact) mass is 291 g/mol. The number of halogens is 1. The summed E-state index contributed by atoms with van der Waals surface area (Å²) in [6, 6.07) is 6.27. The van der Waals surface area contributed by atoms with Gasteiger partial charge in [0.1, 0.15) is 5.82 Å². The van der Waals surface area contributed by atoms with Gasteiger partial charge in [-0.15, -0.1) is 0 Å². The van der Waals surface area contributed by atoms with Crippen molar-refractivity contribution in [2.75, 3.05) is 6.54 Å². The third-order valence-electron chi connectivity index (χ3n) is 3.66. The minimum absolute atomic E-state index is 0.00332. The largest absolute Gasteiger partial charge is 0.330 e. The first-order chi connectivity index (χ1) is 10.0. The fourth-order valence-electron chi connectivity index (χ4n) is 2.60. The van der Waals surface area contributed by atoms with Gasteiger partial charge < -0.3 is 5.73 Å². The molecule has 21 heavy (non-hydrogen) atoms. The first kappa shape index (κ1) is 15.6. The summed E-state index contributed by atoms with van der Waals surface area (Å²) >= 11 is 0. The topological polar surface area (TPSA) is 58.7 Å². The highest BCUT2D eigenvalue weighted by molar-refractivity contribution is 6.08. The Hall–Kier alpha value is -1.75. The summed E-state index contributed by atoms with van der Waals surface area (Å²) in [5.74, 6) is -0.264. The van der Waals surface area contributed by atoms with Gasteiger partial charge in [0.2, 0.25) is 0 Å². The number of nitrogens with zero attached hydrogens (tertiary/aromatic N) is 2. The molecule has 0 saturated heterocycles. The Morgan fingerprint density at radius 3 is 2.81 bits per heavy atom. The van der Waals surface area contributed by atoms with Gasteiger partial charge in [0.25, 0.3) is 5.91 Å². The Morgan fingerprint density at radius 2 is 2.19 bits per heavy atom. The summed E-state index contributed by atoms with van der Waals surface area (Å²) in [5, 5.41) is 5.93. The molecule has 1 aromatic rings. The van der Waals surface area contributed by atoms with Crippen molar-refractivity contribution < 1.29 is 9.18 Å². The van der Waals surface area contributed by atoms with E-state index >= 15 is 0 Å². The first-order valence-corrected chi connectivity index (χ1v) is 7.37. The quantitative estimate of drug-likeness (QED) is 0.875. The highest BCUT2D eigenvalue weighted by Gasteiger charge is 2.36. The zero-order valence-electron chi connectivity index (χ0n) is 12.6. The number of carbonyl (C=O) groups excluding carboxylic acids is 1. The molecule has 1 aliphatic rings. The first-order valence-electron chi connectivity index (χ1n) is 7.37. The van der Waals surface area contributed by atoms with Crippen molar-refractivity contribution in [1.29, 1.82) is 0 Å². The zero-order chi connectivity index (χ0) is 15.4. The summed E-state index contributed by atoms with van der Waals surface area (Å²) in [5.41, 5.74) is 7.19. The molecule has 1 aromatic carbocycles. The van der Waals surface area contributed by atoms with Crippen LogP contribution in [0.2, 0.25) is 0 Å². The maximum Gasteiger partial charge on any atom is 0.251 e. The van der Waals surface area contributed by atoms with Gasteiger partial charge in [-0.1, -0.05) is 26.0 Å². The molecule has 0 spiro atoms. The molecule has 0 aliphatic carbocycles. The van der Waals surface area contributed by atoms with Gasteiger partial charge in [-0.2, -0.15) is 5.10 Å². The molecule has 1 atom stereocenters. The van der Waals surface area contributed by atoms with Gasteiger partial charge >= 0.3 is 0 Å². The predicted molar refractivity (Wildman–Crippen MR) is 81.0 cm³/mol. The molecule has 1 unspecified atom stereocenters. The number of rotatable bonds is 6. The van der Waals surface area contributed by atoms with E-state index in [4.69, 9.17) is 5.73 Å². The van der Waals surface area contributed by atoms with E-state index in [1.165, 1.54) is 17.1 Å². The highest BCUT2D eigenvalue weighted by atomic mass is 19.1. The van der Waals surface area contributed by atoms with Crippen molar-refractivity contribution in [3.63, 3.8) is 0 Å². The molecule has 5 heteroatoms. The minimum Gasteiger partial charge on any atom is -0.330 e. The van der Waals surface area contributed by atoms with Gasteiger partial charge in [-0.3, -0.25) is 4.79 Å². The van der Waals surface area contributed by atoms with E-state index < -0.39 is 0 Å². The number of hydrogen-bond acceptors (Lipinski definition) is 3. The lowest BCUT2D eigenvalue weighted by molar-refractivity contribution is -0.132. The molecular formula is C16H22FN3O. The Kier molecular flexibility index (Phi) is 5.07. The van der Waals surface area contributed by atoms with Crippen LogP contribution in [0.4, 0.5) is 4.39 Å². The maximum atomic E-state index is 13.2. The molecule has 0 fully saturated rings. The number of nitrogens with two attached hydrogens (primary N) is 1. The smallest absolute Gasteiger partial charge is 0.251 e. The van der Waals surface area contributed by atoms with Crippen molar-refractivity contribution in [3.8, 4) is 0 Å². The number of hydrogen-bond donors (Lipinski definition) is 1. The Labute approximate surface area is 124 Å². The van der Waals surface area contributed by atoms with Crippen LogP contribution in [0.5, 0.6) is 0 Å². The van der Waals surface area contributed by atoms with Crippen LogP contribution >= 0.6 is 0 Å². The molecule has 0 bridgehead atoms. The van der Waals surface area contributed by atoms with Crippen molar-refractivity contribution in [3.05, 3.63) is 35.6 Å². The average Bonchev–Trinajstić information content (AvgIpc) is 2.74. The Bertz CT molecular complexity index is 542. The van der Waals surface area contributed by atoms with Crippen LogP contribution in [-0.4, -0.2) is 23.2 Å². The van der Waals surface area contributed by atoms with Crippen LogP contribution in [0.25, 0.3) is 0 Å². The summed E-state index contributed by atoms with van der Waals surface area (Å²) in [6.45, 7) is 4.95. The lowest BCUT2D eigenvalue weighted by atomic mass is 9.90. The fourth-order valence-corrected chi connectivity index (χ4v) is 2.60. The standard InChI is InChI=1S/C16H22FN3O/c1-11(2)15-14(7-4-8-18)16(21)20(19-15)10-12-5-3-6-13(17)9-12/h3,5-6,9,11,14H,4,7-8,10,18H2,1-2H3. The van der Waals surface area contributed by atoms with E-state index in [1.54, 1.807) is 12.1 Å². The maximum absolute atomic E-state index is 13.2. The Morgan fingerprint density at radius 1 is 1.43 bits per heavy atom. The summed E-state index contributed by atoms with van der Waals surface area (Å²) in [4.78, 5) is 12.5. The number of hydrazone groups is 1. The van der Waals surface area contributed by atoms with E-state index in [9.17, 15) is 9.18 Å². The zero-order valence-corrected chi connectivity index (χ0v) is 12.6. The number of benzene rings is 1. The van der Waals surface area contributed by atoms with Gasteiger partial charge in [0.05, 0.1) is 18.2 Å². The van der Waals surface area contributed by atoms with Crippen molar-refractivity contribution in [2.24, 2.45) is 22.7 Å². The molecule has 1 heterocycles. The number of amides is 1.